The predicted octanol–water partition coefficient (Wildman–Crippen LogP) is 13.1. The van der Waals surface area contributed by atoms with Crippen molar-refractivity contribution in [1.29, 1.82) is 0 Å². The molecule has 4 heterocycles. The fourth-order valence-electron chi connectivity index (χ4n) is 8.83. The number of para-hydroxylation sites is 3. The molecule has 300 valence electrons. The van der Waals surface area contributed by atoms with Gasteiger partial charge in [-0.1, -0.05) is 146 Å². The van der Waals surface area contributed by atoms with Crippen molar-refractivity contribution in [2.24, 2.45) is 9.98 Å². The maximum atomic E-state index is 5.47. The maximum absolute atomic E-state index is 5.47. The van der Waals surface area contributed by atoms with Crippen LogP contribution in [0.2, 0.25) is 0 Å². The molecule has 1 aliphatic rings. The van der Waals surface area contributed by atoms with Crippen LogP contribution in [0.25, 0.3) is 77.4 Å². The lowest BCUT2D eigenvalue weighted by molar-refractivity contribution is 0.655. The van der Waals surface area contributed by atoms with E-state index in [2.05, 4.69) is 174 Å². The molecule has 11 rings (SSSR count). The molecule has 1 atom stereocenters. The molecular formula is C56H41N7. The number of aliphatic imine (C=N–C) groups is 2. The molecule has 0 amide bonds. The van der Waals surface area contributed by atoms with Crippen molar-refractivity contribution in [1.82, 2.24) is 24.4 Å². The van der Waals surface area contributed by atoms with Crippen LogP contribution in [0.15, 0.2) is 223 Å². The third-order valence-corrected chi connectivity index (χ3v) is 11.8. The van der Waals surface area contributed by atoms with Gasteiger partial charge in [0, 0.05) is 56.3 Å². The van der Waals surface area contributed by atoms with E-state index in [1.54, 1.807) is 6.08 Å². The number of nitrogens with zero attached hydrogens (tertiary/aromatic N) is 6. The van der Waals surface area contributed by atoms with Crippen LogP contribution >= 0.6 is 0 Å². The highest BCUT2D eigenvalue weighted by Gasteiger charge is 2.26. The zero-order valence-corrected chi connectivity index (χ0v) is 34.6. The molecule has 0 bridgehead atoms. The van der Waals surface area contributed by atoms with Gasteiger partial charge in [-0.2, -0.15) is 4.99 Å². The van der Waals surface area contributed by atoms with Gasteiger partial charge in [-0.25, -0.2) is 15.0 Å². The molecular weight excluding hydrogens is 771 g/mol. The van der Waals surface area contributed by atoms with E-state index in [1.165, 1.54) is 5.39 Å². The Morgan fingerprint density at radius 2 is 1.14 bits per heavy atom. The van der Waals surface area contributed by atoms with Crippen molar-refractivity contribution in [3.05, 3.63) is 230 Å². The molecule has 0 saturated carbocycles. The summed E-state index contributed by atoms with van der Waals surface area (Å²) in [5.41, 5.74) is 12.4. The van der Waals surface area contributed by atoms with Gasteiger partial charge in [0.1, 0.15) is 0 Å². The molecule has 1 aliphatic heterocycles. The van der Waals surface area contributed by atoms with Crippen LogP contribution < -0.4 is 5.32 Å². The predicted molar refractivity (Wildman–Crippen MR) is 261 cm³/mol. The summed E-state index contributed by atoms with van der Waals surface area (Å²) in [5, 5.41) is 8.35. The van der Waals surface area contributed by atoms with Crippen molar-refractivity contribution in [3.8, 4) is 28.2 Å². The lowest BCUT2D eigenvalue weighted by atomic mass is 9.95. The van der Waals surface area contributed by atoms with Crippen LogP contribution in [0.3, 0.4) is 0 Å². The molecule has 1 unspecified atom stereocenters. The summed E-state index contributed by atoms with van der Waals surface area (Å²) in [5.74, 6) is 1.90. The molecule has 0 aliphatic carbocycles. The van der Waals surface area contributed by atoms with E-state index < -0.39 is 6.17 Å². The number of nitrogens with one attached hydrogen (secondary N) is 1. The Hall–Kier alpha value is -8.42. The number of rotatable bonds is 8. The van der Waals surface area contributed by atoms with E-state index in [4.69, 9.17) is 20.0 Å². The lowest BCUT2D eigenvalue weighted by Crippen LogP contribution is -2.37. The van der Waals surface area contributed by atoms with Crippen molar-refractivity contribution >= 4 is 61.0 Å². The Morgan fingerprint density at radius 3 is 1.79 bits per heavy atom. The Balaban J connectivity index is 1.15. The minimum absolute atomic E-state index is 0.553. The topological polar surface area (TPSA) is 72.4 Å². The van der Waals surface area contributed by atoms with Gasteiger partial charge in [-0.15, -0.1) is 0 Å². The average molecular weight is 812 g/mol. The smallest absolute Gasteiger partial charge is 0.211 e. The fourth-order valence-corrected chi connectivity index (χ4v) is 8.83. The molecule has 7 nitrogen and oxygen atoms in total. The second kappa shape index (κ2) is 15.9. The Kier molecular flexibility index (Phi) is 9.47. The summed E-state index contributed by atoms with van der Waals surface area (Å²) in [4.78, 5) is 20.5. The summed E-state index contributed by atoms with van der Waals surface area (Å²) in [6.07, 6.45) is 11.2. The molecule has 63 heavy (non-hydrogen) atoms. The van der Waals surface area contributed by atoms with E-state index in [0.717, 1.165) is 82.9 Å². The number of amidine groups is 1. The number of benzene rings is 7. The highest BCUT2D eigenvalue weighted by atomic mass is 15.3. The molecule has 0 spiro atoms. The second-order valence-corrected chi connectivity index (χ2v) is 15.6. The van der Waals surface area contributed by atoms with Gasteiger partial charge in [-0.05, 0) is 83.8 Å². The number of hydrogen-bond donors (Lipinski definition) is 1. The summed E-state index contributed by atoms with van der Waals surface area (Å²) < 4.78 is 4.62. The normalized spacial score (nSPS) is 14.4. The summed E-state index contributed by atoms with van der Waals surface area (Å²) in [6.45, 7) is 5.98. The first-order chi connectivity index (χ1) is 31.1. The quantitative estimate of drug-likeness (QED) is 0.155. The molecule has 0 radical (unpaired) electrons. The van der Waals surface area contributed by atoms with Crippen LogP contribution in [-0.4, -0.2) is 30.9 Å². The number of aromatic nitrogens is 4. The molecule has 10 aromatic rings. The monoisotopic (exact) mass is 811 g/mol. The van der Waals surface area contributed by atoms with Gasteiger partial charge >= 0.3 is 0 Å². The average Bonchev–Trinajstić information content (AvgIpc) is 3.86. The van der Waals surface area contributed by atoms with Gasteiger partial charge < -0.3 is 9.88 Å². The van der Waals surface area contributed by atoms with E-state index >= 15 is 0 Å². The van der Waals surface area contributed by atoms with Gasteiger partial charge in [0.25, 0.3) is 0 Å². The number of hydrogen-bond acceptors (Lipinski definition) is 5. The Bertz CT molecular complexity index is 3480. The first kappa shape index (κ1) is 37.6. The van der Waals surface area contributed by atoms with Crippen LogP contribution in [0.5, 0.6) is 0 Å². The minimum Gasteiger partial charge on any atom is -0.330 e. The molecule has 0 saturated heterocycles. The highest BCUT2D eigenvalue weighted by Crippen LogP contribution is 2.39. The third kappa shape index (κ3) is 6.73. The third-order valence-electron chi connectivity index (χ3n) is 11.8. The lowest BCUT2D eigenvalue weighted by Gasteiger charge is -2.25. The van der Waals surface area contributed by atoms with Crippen molar-refractivity contribution < 1.29 is 0 Å². The summed E-state index contributed by atoms with van der Waals surface area (Å²) in [7, 11) is 0. The van der Waals surface area contributed by atoms with Crippen LogP contribution in [-0.2, 0) is 0 Å². The van der Waals surface area contributed by atoms with E-state index in [1.807, 2.05) is 54.9 Å². The van der Waals surface area contributed by atoms with Gasteiger partial charge in [0.2, 0.25) is 5.96 Å². The van der Waals surface area contributed by atoms with Crippen molar-refractivity contribution in [3.63, 3.8) is 0 Å². The number of allylic oxidation sites excluding steroid dienone is 5. The zero-order valence-electron chi connectivity index (χ0n) is 34.6. The SMILES string of the molecule is C=C/C=C\C(=C/C)c1cc(C2=NC(c3cnc(-c4ccccc4)nc3)NC(n3c4ccccc4c4cc5c(cc43)c3ccccc3n5-c3ccccc3)=N2)cc(-c2ccccc2)c1. The molecule has 0 fully saturated rings. The standard InChI is InChI=1S/C56H41N7/c1-3-5-19-37(4-2)40-30-41(38-20-9-6-10-21-38)32-42(31-40)54-59-55(43-35-57-53(58-36-43)39-22-11-7-12-23-39)61-56(60-54)63-50-29-18-16-27-46(50)48-33-51-47(34-52(48)63)45-26-15-17-28-49(45)62(51)44-24-13-8-14-25-44/h3-36,55H,1H2,2H3,(H,59,60,61)/b19-5-,37-4+. The molecule has 7 aromatic carbocycles. The van der Waals surface area contributed by atoms with E-state index in [-0.39, 0.29) is 0 Å². The van der Waals surface area contributed by atoms with Gasteiger partial charge in [0.15, 0.2) is 17.8 Å². The first-order valence-corrected chi connectivity index (χ1v) is 21.1. The largest absolute Gasteiger partial charge is 0.330 e. The fraction of sp³-hybridized carbons (Fsp3) is 0.0357. The Morgan fingerprint density at radius 1 is 0.571 bits per heavy atom. The first-order valence-electron chi connectivity index (χ1n) is 21.1. The van der Waals surface area contributed by atoms with E-state index in [9.17, 15) is 0 Å². The van der Waals surface area contributed by atoms with Crippen LogP contribution in [0.4, 0.5) is 0 Å². The summed E-state index contributed by atoms with van der Waals surface area (Å²) in [6, 6.07) is 59.6. The van der Waals surface area contributed by atoms with E-state index in [0.29, 0.717) is 17.6 Å². The summed E-state index contributed by atoms with van der Waals surface area (Å²) >= 11 is 0. The van der Waals surface area contributed by atoms with Crippen molar-refractivity contribution in [2.75, 3.05) is 0 Å². The molecule has 1 N–H and O–H groups in total. The maximum Gasteiger partial charge on any atom is 0.211 e. The van der Waals surface area contributed by atoms with Gasteiger partial charge in [-0.3, -0.25) is 4.57 Å². The second-order valence-electron chi connectivity index (χ2n) is 15.6. The minimum atomic E-state index is -0.553. The van der Waals surface area contributed by atoms with Crippen LogP contribution in [0.1, 0.15) is 29.8 Å². The van der Waals surface area contributed by atoms with Gasteiger partial charge in [0.05, 0.1) is 22.1 Å². The zero-order chi connectivity index (χ0) is 42.3. The Labute approximate surface area is 365 Å². The molecule has 3 aromatic heterocycles. The molecule has 7 heteroatoms. The van der Waals surface area contributed by atoms with Crippen molar-refractivity contribution in [2.45, 2.75) is 13.1 Å². The highest BCUT2D eigenvalue weighted by molar-refractivity contribution is 6.22. The van der Waals surface area contributed by atoms with Crippen LogP contribution in [0, 0.1) is 0 Å². The number of fused-ring (bicyclic) bond motifs is 6.